The van der Waals surface area contributed by atoms with E-state index in [0.29, 0.717) is 18.8 Å². The van der Waals surface area contributed by atoms with Crippen molar-refractivity contribution in [3.63, 3.8) is 0 Å². The first-order chi connectivity index (χ1) is 10.7. The summed E-state index contributed by atoms with van der Waals surface area (Å²) < 4.78 is 0. The Hall–Kier alpha value is -1.73. The van der Waals surface area contributed by atoms with Crippen LogP contribution in [-0.2, 0) is 4.79 Å². The molecule has 2 amide bonds. The van der Waals surface area contributed by atoms with Crippen LogP contribution in [0, 0.1) is 5.92 Å². The van der Waals surface area contributed by atoms with E-state index in [-0.39, 0.29) is 17.7 Å². The number of thiazole rings is 1. The summed E-state index contributed by atoms with van der Waals surface area (Å²) in [4.78, 5) is 31.6. The van der Waals surface area contributed by atoms with E-state index in [2.05, 4.69) is 10.3 Å². The van der Waals surface area contributed by atoms with Crippen molar-refractivity contribution in [3.8, 4) is 9.88 Å². The van der Waals surface area contributed by atoms with E-state index < -0.39 is 0 Å². The lowest BCUT2D eigenvalue weighted by atomic mass is 9.97. The Bertz CT molecular complexity index is 666. The molecule has 0 aliphatic carbocycles. The van der Waals surface area contributed by atoms with E-state index in [1.807, 2.05) is 17.5 Å². The van der Waals surface area contributed by atoms with Crippen molar-refractivity contribution in [2.24, 2.45) is 5.92 Å². The number of thiophene rings is 1. The second-order valence-electron chi connectivity index (χ2n) is 5.22. The molecule has 5 nitrogen and oxygen atoms in total. The third-order valence-electron chi connectivity index (χ3n) is 3.78. The molecule has 7 heteroatoms. The lowest BCUT2D eigenvalue weighted by Crippen LogP contribution is -2.44. The molecular weight excluding hydrogens is 318 g/mol. The Labute approximate surface area is 137 Å². The smallest absolute Gasteiger partial charge is 0.273 e. The van der Waals surface area contributed by atoms with Crippen molar-refractivity contribution in [1.82, 2.24) is 15.2 Å². The van der Waals surface area contributed by atoms with Gasteiger partial charge in [-0.15, -0.1) is 22.7 Å². The van der Waals surface area contributed by atoms with Gasteiger partial charge in [0, 0.05) is 25.5 Å². The minimum Gasteiger partial charge on any atom is -0.359 e. The highest BCUT2D eigenvalue weighted by Crippen LogP contribution is 2.28. The number of carbonyl (C=O) groups excluding carboxylic acids is 2. The van der Waals surface area contributed by atoms with Crippen LogP contribution < -0.4 is 5.32 Å². The van der Waals surface area contributed by atoms with Crippen LogP contribution in [0.3, 0.4) is 0 Å². The molecule has 22 heavy (non-hydrogen) atoms. The quantitative estimate of drug-likeness (QED) is 0.937. The van der Waals surface area contributed by atoms with Crippen molar-refractivity contribution in [1.29, 1.82) is 0 Å². The van der Waals surface area contributed by atoms with E-state index in [0.717, 1.165) is 22.7 Å². The van der Waals surface area contributed by atoms with Gasteiger partial charge in [-0.1, -0.05) is 6.07 Å². The van der Waals surface area contributed by atoms with Crippen LogP contribution >= 0.6 is 22.7 Å². The highest BCUT2D eigenvalue weighted by atomic mass is 32.1. The minimum absolute atomic E-state index is 0.00931. The van der Waals surface area contributed by atoms with Crippen LogP contribution in [0.4, 0.5) is 0 Å². The lowest BCUT2D eigenvalue weighted by molar-refractivity contribution is -0.125. The van der Waals surface area contributed by atoms with Crippen LogP contribution in [-0.4, -0.2) is 41.8 Å². The molecule has 0 spiro atoms. The van der Waals surface area contributed by atoms with Crippen molar-refractivity contribution < 1.29 is 9.59 Å². The van der Waals surface area contributed by atoms with Gasteiger partial charge in [-0.2, -0.15) is 0 Å². The first kappa shape index (κ1) is 15.2. The molecule has 1 aliphatic rings. The third kappa shape index (κ3) is 3.05. The fourth-order valence-corrected chi connectivity index (χ4v) is 4.24. The first-order valence-corrected chi connectivity index (χ1v) is 8.95. The summed E-state index contributed by atoms with van der Waals surface area (Å²) in [6, 6.07) is 3.97. The summed E-state index contributed by atoms with van der Waals surface area (Å²) >= 11 is 3.10. The van der Waals surface area contributed by atoms with E-state index in [1.165, 1.54) is 11.3 Å². The average molecular weight is 335 g/mol. The zero-order valence-electron chi connectivity index (χ0n) is 12.2. The van der Waals surface area contributed by atoms with Crippen LogP contribution in [0.25, 0.3) is 9.88 Å². The van der Waals surface area contributed by atoms with Gasteiger partial charge in [0.2, 0.25) is 5.91 Å². The largest absolute Gasteiger partial charge is 0.359 e. The van der Waals surface area contributed by atoms with Crippen LogP contribution in [0.15, 0.2) is 22.9 Å². The van der Waals surface area contributed by atoms with Gasteiger partial charge in [0.1, 0.15) is 10.7 Å². The van der Waals surface area contributed by atoms with Gasteiger partial charge in [-0.05, 0) is 24.3 Å². The molecular formula is C15H17N3O2S2. The number of rotatable bonds is 3. The van der Waals surface area contributed by atoms with Crippen LogP contribution in [0.1, 0.15) is 23.3 Å². The monoisotopic (exact) mass is 335 g/mol. The molecule has 3 heterocycles. The molecule has 1 saturated heterocycles. The maximum absolute atomic E-state index is 12.6. The highest BCUT2D eigenvalue weighted by molar-refractivity contribution is 7.20. The summed E-state index contributed by atoms with van der Waals surface area (Å²) in [6.07, 6.45) is 1.69. The summed E-state index contributed by atoms with van der Waals surface area (Å²) in [5.74, 6) is -0.180. The molecule has 0 radical (unpaired) electrons. The van der Waals surface area contributed by atoms with Gasteiger partial charge >= 0.3 is 0 Å². The molecule has 3 rings (SSSR count). The topological polar surface area (TPSA) is 62.3 Å². The number of carbonyl (C=O) groups is 2. The van der Waals surface area contributed by atoms with Gasteiger partial charge in [0.25, 0.3) is 5.91 Å². The molecule has 2 aromatic heterocycles. The molecule has 0 saturated carbocycles. The maximum Gasteiger partial charge on any atom is 0.273 e. The third-order valence-corrected chi connectivity index (χ3v) is 5.66. The fraction of sp³-hybridized carbons (Fsp3) is 0.400. The van der Waals surface area contributed by atoms with Gasteiger partial charge in [-0.3, -0.25) is 9.59 Å². The molecule has 1 unspecified atom stereocenters. The van der Waals surface area contributed by atoms with Crippen molar-refractivity contribution in [2.75, 3.05) is 20.1 Å². The van der Waals surface area contributed by atoms with Crippen LogP contribution in [0.2, 0.25) is 0 Å². The highest BCUT2D eigenvalue weighted by Gasteiger charge is 2.29. The zero-order valence-corrected chi connectivity index (χ0v) is 13.9. The number of nitrogens with zero attached hydrogens (tertiary/aromatic N) is 2. The molecule has 116 valence electrons. The van der Waals surface area contributed by atoms with Gasteiger partial charge in [0.05, 0.1) is 10.8 Å². The molecule has 1 aliphatic heterocycles. The van der Waals surface area contributed by atoms with Crippen LogP contribution in [0.5, 0.6) is 0 Å². The summed E-state index contributed by atoms with van der Waals surface area (Å²) in [6.45, 7) is 1.17. The number of aromatic nitrogens is 1. The molecule has 1 fully saturated rings. The minimum atomic E-state index is -0.113. The number of hydrogen-bond acceptors (Lipinski definition) is 5. The van der Waals surface area contributed by atoms with Gasteiger partial charge in [0.15, 0.2) is 0 Å². The standard InChI is InChI=1S/C15H17N3O2S2/c1-16-13(19)10-4-2-6-18(8-10)15(20)11-9-22-14(17-11)12-5-3-7-21-12/h3,5,7,9-10H,2,4,6,8H2,1H3,(H,16,19). The van der Waals surface area contributed by atoms with Gasteiger partial charge < -0.3 is 10.2 Å². The van der Waals surface area contributed by atoms with Crippen molar-refractivity contribution >= 4 is 34.5 Å². The first-order valence-electron chi connectivity index (χ1n) is 7.19. The Morgan fingerprint density at radius 1 is 1.41 bits per heavy atom. The number of piperidine rings is 1. The normalized spacial score (nSPS) is 18.2. The number of amides is 2. The fourth-order valence-electron chi connectivity index (χ4n) is 2.63. The van der Waals surface area contributed by atoms with Gasteiger partial charge in [-0.25, -0.2) is 4.98 Å². The second-order valence-corrected chi connectivity index (χ2v) is 7.03. The number of likely N-dealkylation sites (tertiary alicyclic amines) is 1. The average Bonchev–Trinajstić information content (AvgIpc) is 3.24. The number of nitrogens with one attached hydrogen (secondary N) is 1. The Balaban J connectivity index is 1.72. The zero-order chi connectivity index (χ0) is 15.5. The molecule has 1 atom stereocenters. The summed E-state index contributed by atoms with van der Waals surface area (Å²) in [5.41, 5.74) is 0.478. The molecule has 2 aromatic rings. The Morgan fingerprint density at radius 2 is 2.27 bits per heavy atom. The Morgan fingerprint density at radius 3 is 3.00 bits per heavy atom. The maximum atomic E-state index is 12.6. The SMILES string of the molecule is CNC(=O)C1CCCN(C(=O)c2csc(-c3cccs3)n2)C1. The Kier molecular flexibility index (Phi) is 4.54. The number of hydrogen-bond donors (Lipinski definition) is 1. The summed E-state index contributed by atoms with van der Waals surface area (Å²) in [5, 5.41) is 7.34. The molecule has 0 bridgehead atoms. The van der Waals surface area contributed by atoms with E-state index in [1.54, 1.807) is 28.7 Å². The molecule has 1 N–H and O–H groups in total. The van der Waals surface area contributed by atoms with E-state index >= 15 is 0 Å². The predicted molar refractivity (Wildman–Crippen MR) is 88.1 cm³/mol. The van der Waals surface area contributed by atoms with Crippen molar-refractivity contribution in [2.45, 2.75) is 12.8 Å². The lowest BCUT2D eigenvalue weighted by Gasteiger charge is -2.31. The summed E-state index contributed by atoms with van der Waals surface area (Å²) in [7, 11) is 1.64. The predicted octanol–water partition coefficient (Wildman–Crippen LogP) is 2.47. The second kappa shape index (κ2) is 6.58. The van der Waals surface area contributed by atoms with E-state index in [4.69, 9.17) is 0 Å². The van der Waals surface area contributed by atoms with Crippen molar-refractivity contribution in [3.05, 3.63) is 28.6 Å². The molecule has 0 aromatic carbocycles. The van der Waals surface area contributed by atoms with E-state index in [9.17, 15) is 9.59 Å².